The van der Waals surface area contributed by atoms with Crippen molar-refractivity contribution in [3.8, 4) is 0 Å². The Hall–Kier alpha value is -1.56. The standard InChI is InChI=1S/C18H18Cl2N2O2S/c1-2-9-3-5-11-14(7-9)25-18(15(11)16(21)23)22-17(24)10-4-6-12(19)13(20)8-10/h4,6,8-9H,2-3,5,7H2,1H3,(H2,21,23)(H,22,24). The number of hydrogen-bond acceptors (Lipinski definition) is 3. The third-order valence-electron chi connectivity index (χ3n) is 4.60. The van der Waals surface area contributed by atoms with Gasteiger partial charge in [0, 0.05) is 10.4 Å². The molecule has 4 nitrogen and oxygen atoms in total. The number of benzene rings is 1. The maximum atomic E-state index is 12.5. The van der Waals surface area contributed by atoms with Gasteiger partial charge in [-0.25, -0.2) is 0 Å². The normalized spacial score (nSPS) is 16.4. The summed E-state index contributed by atoms with van der Waals surface area (Å²) in [4.78, 5) is 25.6. The van der Waals surface area contributed by atoms with Crippen molar-refractivity contribution in [3.05, 3.63) is 49.8 Å². The van der Waals surface area contributed by atoms with Gasteiger partial charge in [0.05, 0.1) is 15.6 Å². The quantitative estimate of drug-likeness (QED) is 0.769. The lowest BCUT2D eigenvalue weighted by Crippen LogP contribution is -2.19. The Kier molecular flexibility index (Phi) is 5.37. The smallest absolute Gasteiger partial charge is 0.256 e. The van der Waals surface area contributed by atoms with Crippen LogP contribution in [-0.2, 0) is 12.8 Å². The van der Waals surface area contributed by atoms with E-state index in [4.69, 9.17) is 28.9 Å². The van der Waals surface area contributed by atoms with Gasteiger partial charge in [0.25, 0.3) is 11.8 Å². The second-order valence-electron chi connectivity index (χ2n) is 6.17. The number of nitrogens with one attached hydrogen (secondary N) is 1. The minimum atomic E-state index is -0.503. The summed E-state index contributed by atoms with van der Waals surface area (Å²) in [6.45, 7) is 2.17. The second kappa shape index (κ2) is 7.36. The van der Waals surface area contributed by atoms with Crippen LogP contribution in [0.4, 0.5) is 5.00 Å². The van der Waals surface area contributed by atoms with Crippen LogP contribution in [0.5, 0.6) is 0 Å². The van der Waals surface area contributed by atoms with Gasteiger partial charge in [-0.15, -0.1) is 11.3 Å². The minimum absolute atomic E-state index is 0.306. The number of rotatable bonds is 4. The summed E-state index contributed by atoms with van der Waals surface area (Å²) >= 11 is 13.3. The van der Waals surface area contributed by atoms with E-state index in [1.165, 1.54) is 17.4 Å². The molecule has 0 radical (unpaired) electrons. The fraction of sp³-hybridized carbons (Fsp3) is 0.333. The molecule has 0 aliphatic heterocycles. The van der Waals surface area contributed by atoms with Crippen molar-refractivity contribution in [1.82, 2.24) is 0 Å². The molecule has 1 unspecified atom stereocenters. The third kappa shape index (κ3) is 3.68. The molecule has 0 spiro atoms. The van der Waals surface area contributed by atoms with E-state index in [0.717, 1.165) is 36.1 Å². The highest BCUT2D eigenvalue weighted by atomic mass is 35.5. The van der Waals surface area contributed by atoms with Crippen LogP contribution < -0.4 is 11.1 Å². The van der Waals surface area contributed by atoms with Crippen LogP contribution in [0.2, 0.25) is 10.0 Å². The van der Waals surface area contributed by atoms with E-state index in [1.54, 1.807) is 12.1 Å². The van der Waals surface area contributed by atoms with E-state index in [-0.39, 0.29) is 5.91 Å². The van der Waals surface area contributed by atoms with Gasteiger partial charge in [-0.1, -0.05) is 36.5 Å². The van der Waals surface area contributed by atoms with Crippen LogP contribution >= 0.6 is 34.5 Å². The molecule has 7 heteroatoms. The van der Waals surface area contributed by atoms with Crippen LogP contribution in [0.25, 0.3) is 0 Å². The van der Waals surface area contributed by atoms with E-state index < -0.39 is 5.91 Å². The molecule has 1 aromatic heterocycles. The molecular weight excluding hydrogens is 379 g/mol. The number of amides is 2. The first-order valence-corrected chi connectivity index (χ1v) is 9.68. The largest absolute Gasteiger partial charge is 0.365 e. The monoisotopic (exact) mass is 396 g/mol. The van der Waals surface area contributed by atoms with E-state index >= 15 is 0 Å². The SMILES string of the molecule is CCC1CCc2c(sc(NC(=O)c3ccc(Cl)c(Cl)c3)c2C(N)=O)C1. The fourth-order valence-corrected chi connectivity index (χ4v) is 4.82. The summed E-state index contributed by atoms with van der Waals surface area (Å²) < 4.78 is 0. The number of hydrogen-bond donors (Lipinski definition) is 2. The van der Waals surface area contributed by atoms with E-state index in [9.17, 15) is 9.59 Å². The molecule has 0 bridgehead atoms. The van der Waals surface area contributed by atoms with Crippen LogP contribution in [0.3, 0.4) is 0 Å². The molecule has 1 heterocycles. The predicted molar refractivity (Wildman–Crippen MR) is 103 cm³/mol. The van der Waals surface area contributed by atoms with Crippen molar-refractivity contribution >= 4 is 51.4 Å². The summed E-state index contributed by atoms with van der Waals surface area (Å²) in [7, 11) is 0. The van der Waals surface area contributed by atoms with Crippen molar-refractivity contribution in [2.24, 2.45) is 11.7 Å². The van der Waals surface area contributed by atoms with Crippen molar-refractivity contribution in [3.63, 3.8) is 0 Å². The molecule has 25 heavy (non-hydrogen) atoms. The van der Waals surface area contributed by atoms with Crippen molar-refractivity contribution in [2.45, 2.75) is 32.6 Å². The Morgan fingerprint density at radius 3 is 2.72 bits per heavy atom. The molecule has 1 atom stereocenters. The number of thiophene rings is 1. The second-order valence-corrected chi connectivity index (χ2v) is 8.09. The van der Waals surface area contributed by atoms with Crippen molar-refractivity contribution in [1.29, 1.82) is 0 Å². The molecule has 1 aromatic carbocycles. The molecule has 0 saturated heterocycles. The molecule has 3 N–H and O–H groups in total. The maximum absolute atomic E-state index is 12.5. The Morgan fingerprint density at radius 1 is 1.32 bits per heavy atom. The summed E-state index contributed by atoms with van der Waals surface area (Å²) in [5.41, 5.74) is 7.40. The Balaban J connectivity index is 1.91. The first kappa shape index (κ1) is 18.2. The zero-order chi connectivity index (χ0) is 18.1. The van der Waals surface area contributed by atoms with E-state index in [1.807, 2.05) is 0 Å². The van der Waals surface area contributed by atoms with Gasteiger partial charge in [0.2, 0.25) is 0 Å². The number of carbonyl (C=O) groups excluding carboxylic acids is 2. The molecule has 2 amide bonds. The number of halogens is 2. The highest BCUT2D eigenvalue weighted by Gasteiger charge is 2.28. The first-order valence-electron chi connectivity index (χ1n) is 8.11. The minimum Gasteiger partial charge on any atom is -0.365 e. The zero-order valence-corrected chi connectivity index (χ0v) is 16.0. The highest BCUT2D eigenvalue weighted by Crippen LogP contribution is 2.40. The molecular formula is C18H18Cl2N2O2S. The number of fused-ring (bicyclic) bond motifs is 1. The highest BCUT2D eigenvalue weighted by molar-refractivity contribution is 7.17. The lowest BCUT2D eigenvalue weighted by molar-refractivity contribution is 0.1000. The lowest BCUT2D eigenvalue weighted by Gasteiger charge is -2.20. The molecule has 0 saturated carbocycles. The summed E-state index contributed by atoms with van der Waals surface area (Å²) in [6, 6.07) is 4.66. The first-order chi connectivity index (χ1) is 11.9. The summed E-state index contributed by atoms with van der Waals surface area (Å²) in [5, 5.41) is 4.03. The van der Waals surface area contributed by atoms with Gasteiger partial charge < -0.3 is 11.1 Å². The fourth-order valence-electron chi connectivity index (χ4n) is 3.16. The topological polar surface area (TPSA) is 72.2 Å². The number of carbonyl (C=O) groups is 2. The zero-order valence-electron chi connectivity index (χ0n) is 13.7. The van der Waals surface area contributed by atoms with Gasteiger partial charge in [-0.2, -0.15) is 0 Å². The molecule has 1 aliphatic rings. The number of primary amides is 1. The molecule has 2 aromatic rings. The van der Waals surface area contributed by atoms with E-state index in [0.29, 0.717) is 32.1 Å². The summed E-state index contributed by atoms with van der Waals surface area (Å²) in [5.74, 6) is -0.228. The van der Waals surface area contributed by atoms with Crippen LogP contribution in [0, 0.1) is 5.92 Å². The number of anilines is 1. The van der Waals surface area contributed by atoms with Gasteiger partial charge >= 0.3 is 0 Å². The Morgan fingerprint density at radius 2 is 2.08 bits per heavy atom. The predicted octanol–water partition coefficient (Wildman–Crippen LogP) is 4.92. The van der Waals surface area contributed by atoms with Crippen LogP contribution in [0.1, 0.15) is 50.9 Å². The van der Waals surface area contributed by atoms with Gasteiger partial charge in [-0.05, 0) is 48.9 Å². The van der Waals surface area contributed by atoms with Crippen LogP contribution in [-0.4, -0.2) is 11.8 Å². The molecule has 0 fully saturated rings. The Labute approximate surface area is 160 Å². The van der Waals surface area contributed by atoms with Gasteiger partial charge in [-0.3, -0.25) is 9.59 Å². The van der Waals surface area contributed by atoms with E-state index in [2.05, 4.69) is 12.2 Å². The third-order valence-corrected chi connectivity index (χ3v) is 6.51. The molecule has 132 valence electrons. The maximum Gasteiger partial charge on any atom is 0.256 e. The van der Waals surface area contributed by atoms with Gasteiger partial charge in [0.1, 0.15) is 5.00 Å². The average Bonchev–Trinajstić information content (AvgIpc) is 2.94. The average molecular weight is 397 g/mol. The van der Waals surface area contributed by atoms with Crippen molar-refractivity contribution in [2.75, 3.05) is 5.32 Å². The van der Waals surface area contributed by atoms with Crippen LogP contribution in [0.15, 0.2) is 18.2 Å². The molecule has 1 aliphatic carbocycles. The van der Waals surface area contributed by atoms with Gasteiger partial charge in [0.15, 0.2) is 0 Å². The Bertz CT molecular complexity index is 848. The molecule has 3 rings (SSSR count). The van der Waals surface area contributed by atoms with Crippen molar-refractivity contribution < 1.29 is 9.59 Å². The lowest BCUT2D eigenvalue weighted by atomic mass is 9.85. The number of nitrogens with two attached hydrogens (primary N) is 1. The summed E-state index contributed by atoms with van der Waals surface area (Å²) in [6.07, 6.45) is 3.90.